The fourth-order valence-corrected chi connectivity index (χ4v) is 5.26. The number of benzene rings is 1. The van der Waals surface area contributed by atoms with Crippen molar-refractivity contribution in [1.82, 2.24) is 9.80 Å². The van der Waals surface area contributed by atoms with Crippen LogP contribution in [0.4, 0.5) is 10.1 Å². The normalized spacial score (nSPS) is 31.1. The number of imide groups is 1. The van der Waals surface area contributed by atoms with Gasteiger partial charge in [-0.15, -0.1) is 0 Å². The molecule has 0 unspecified atom stereocenters. The number of amides is 3. The number of fused-ring (bicyclic) bond motifs is 5. The average Bonchev–Trinajstić information content (AvgIpc) is 3.38. The number of nitrogens with zero attached hydrogens (tertiary/aromatic N) is 3. The number of likely N-dealkylation sites (tertiary alicyclic amines) is 1. The summed E-state index contributed by atoms with van der Waals surface area (Å²) < 4.78 is 14.0. The van der Waals surface area contributed by atoms with Gasteiger partial charge in [0.1, 0.15) is 12.4 Å². The lowest BCUT2D eigenvalue weighted by atomic mass is 9.85. The topological polar surface area (TPSA) is 60.9 Å². The number of rotatable bonds is 3. The molecule has 28 heavy (non-hydrogen) atoms. The number of halogens is 1. The van der Waals surface area contributed by atoms with Crippen LogP contribution in [0.3, 0.4) is 0 Å². The Bertz CT molecular complexity index is 847. The summed E-state index contributed by atoms with van der Waals surface area (Å²) in [5.74, 6) is -1.11. The van der Waals surface area contributed by atoms with Crippen molar-refractivity contribution in [3.8, 4) is 0 Å². The van der Waals surface area contributed by atoms with Gasteiger partial charge in [0.2, 0.25) is 17.7 Å². The van der Waals surface area contributed by atoms with Crippen molar-refractivity contribution in [2.24, 2.45) is 23.7 Å². The molecule has 0 radical (unpaired) electrons. The molecule has 0 aromatic heterocycles. The van der Waals surface area contributed by atoms with E-state index in [0.717, 1.165) is 6.42 Å². The predicted molar refractivity (Wildman–Crippen MR) is 99.6 cm³/mol. The molecule has 6 nitrogen and oxygen atoms in total. The molecule has 5 rings (SSSR count). The van der Waals surface area contributed by atoms with E-state index in [1.165, 1.54) is 11.0 Å². The zero-order valence-electron chi connectivity index (χ0n) is 15.5. The van der Waals surface area contributed by atoms with Gasteiger partial charge in [-0.2, -0.15) is 0 Å². The van der Waals surface area contributed by atoms with E-state index in [4.69, 9.17) is 0 Å². The van der Waals surface area contributed by atoms with Crippen molar-refractivity contribution in [3.05, 3.63) is 42.2 Å². The molecule has 2 bridgehead atoms. The highest BCUT2D eigenvalue weighted by Crippen LogP contribution is 2.52. The molecule has 4 atom stereocenters. The minimum absolute atomic E-state index is 0.149. The minimum atomic E-state index is -0.273. The Labute approximate surface area is 162 Å². The highest BCUT2D eigenvalue weighted by Gasteiger charge is 2.59. The molecule has 1 aromatic rings. The Morgan fingerprint density at radius 1 is 0.964 bits per heavy atom. The van der Waals surface area contributed by atoms with Gasteiger partial charge >= 0.3 is 0 Å². The third-order valence-corrected chi connectivity index (χ3v) is 6.68. The first-order valence-electron chi connectivity index (χ1n) is 9.85. The monoisotopic (exact) mass is 383 g/mol. The molecule has 1 saturated carbocycles. The fraction of sp³-hybridized carbons (Fsp3) is 0.476. The Morgan fingerprint density at radius 3 is 2.18 bits per heavy atom. The van der Waals surface area contributed by atoms with Gasteiger partial charge in [-0.1, -0.05) is 24.3 Å². The summed E-state index contributed by atoms with van der Waals surface area (Å²) in [6, 6.07) is 6.60. The standard InChI is InChI=1S/C21H22FN3O3/c22-15-3-1-2-4-16(15)23-7-9-24(10-8-23)17(26)12-25-20(27)18-13-5-6-14(11-13)19(18)21(25)28/h1-6,13-14,18-19H,7-12H2/t13-,14+,18-,19-/m0/s1. The lowest BCUT2D eigenvalue weighted by Crippen LogP contribution is -2.52. The first kappa shape index (κ1) is 17.4. The molecule has 4 aliphatic rings. The molecule has 3 fully saturated rings. The second-order valence-corrected chi connectivity index (χ2v) is 8.08. The van der Waals surface area contributed by atoms with Gasteiger partial charge in [0.25, 0.3) is 0 Å². The van der Waals surface area contributed by atoms with Crippen molar-refractivity contribution in [2.45, 2.75) is 6.42 Å². The molecule has 146 valence electrons. The predicted octanol–water partition coefficient (Wildman–Crippen LogP) is 1.28. The smallest absolute Gasteiger partial charge is 0.242 e. The number of carbonyl (C=O) groups excluding carboxylic acids is 3. The third kappa shape index (κ3) is 2.56. The Morgan fingerprint density at radius 2 is 1.57 bits per heavy atom. The Hall–Kier alpha value is -2.70. The molecule has 2 saturated heterocycles. The van der Waals surface area contributed by atoms with Gasteiger partial charge in [0, 0.05) is 26.2 Å². The molecular weight excluding hydrogens is 361 g/mol. The molecule has 1 aromatic carbocycles. The maximum atomic E-state index is 14.0. The van der Waals surface area contributed by atoms with Crippen molar-refractivity contribution in [2.75, 3.05) is 37.6 Å². The van der Waals surface area contributed by atoms with E-state index in [0.29, 0.717) is 31.9 Å². The van der Waals surface area contributed by atoms with Crippen LogP contribution in [0.5, 0.6) is 0 Å². The van der Waals surface area contributed by atoms with Crippen LogP contribution >= 0.6 is 0 Å². The van der Waals surface area contributed by atoms with Gasteiger partial charge in [0.05, 0.1) is 17.5 Å². The SMILES string of the molecule is O=C(CN1C(=O)[C@@H]2[C@@H](C1=O)[C@H]1C=C[C@@H]2C1)N1CCN(c2ccccc2F)CC1. The van der Waals surface area contributed by atoms with Crippen LogP contribution in [0.1, 0.15) is 6.42 Å². The van der Waals surface area contributed by atoms with Crippen LogP contribution in [0.2, 0.25) is 0 Å². The summed E-state index contributed by atoms with van der Waals surface area (Å²) >= 11 is 0. The van der Waals surface area contributed by atoms with E-state index in [2.05, 4.69) is 0 Å². The summed E-state index contributed by atoms with van der Waals surface area (Å²) in [4.78, 5) is 42.9. The average molecular weight is 383 g/mol. The summed E-state index contributed by atoms with van der Waals surface area (Å²) in [7, 11) is 0. The van der Waals surface area contributed by atoms with Crippen LogP contribution in [0.15, 0.2) is 36.4 Å². The lowest BCUT2D eigenvalue weighted by Gasteiger charge is -2.36. The van der Waals surface area contributed by atoms with Crippen molar-refractivity contribution >= 4 is 23.4 Å². The molecular formula is C21H22FN3O3. The Kier molecular flexibility index (Phi) is 4.00. The van der Waals surface area contributed by atoms with Gasteiger partial charge in [-0.25, -0.2) is 4.39 Å². The van der Waals surface area contributed by atoms with Crippen molar-refractivity contribution in [1.29, 1.82) is 0 Å². The first-order chi connectivity index (χ1) is 13.5. The van der Waals surface area contributed by atoms with Crippen LogP contribution in [-0.4, -0.2) is 60.2 Å². The number of hydrogen-bond donors (Lipinski definition) is 0. The van der Waals surface area contributed by atoms with Gasteiger partial charge in [0.15, 0.2) is 0 Å². The van der Waals surface area contributed by atoms with E-state index >= 15 is 0 Å². The molecule has 3 amide bonds. The second-order valence-electron chi connectivity index (χ2n) is 8.08. The summed E-state index contributed by atoms with van der Waals surface area (Å²) in [5.41, 5.74) is 0.537. The molecule has 2 aliphatic carbocycles. The number of anilines is 1. The van der Waals surface area contributed by atoms with E-state index < -0.39 is 0 Å². The summed E-state index contributed by atoms with van der Waals surface area (Å²) in [6.07, 6.45) is 4.97. The molecule has 2 heterocycles. The van der Waals surface area contributed by atoms with E-state index in [-0.39, 0.29) is 53.8 Å². The van der Waals surface area contributed by atoms with Gasteiger partial charge in [-0.05, 0) is 30.4 Å². The zero-order chi connectivity index (χ0) is 19.4. The van der Waals surface area contributed by atoms with Gasteiger partial charge < -0.3 is 9.80 Å². The molecule has 7 heteroatoms. The first-order valence-corrected chi connectivity index (χ1v) is 9.85. The molecule has 0 spiro atoms. The number of allylic oxidation sites excluding steroid dienone is 2. The van der Waals surface area contributed by atoms with Crippen molar-refractivity contribution in [3.63, 3.8) is 0 Å². The third-order valence-electron chi connectivity index (χ3n) is 6.68. The maximum Gasteiger partial charge on any atom is 0.242 e. The fourth-order valence-electron chi connectivity index (χ4n) is 5.26. The van der Waals surface area contributed by atoms with Crippen LogP contribution < -0.4 is 4.90 Å². The lowest BCUT2D eigenvalue weighted by molar-refractivity contribution is -0.147. The highest BCUT2D eigenvalue weighted by molar-refractivity contribution is 6.08. The van der Waals surface area contributed by atoms with E-state index in [1.807, 2.05) is 17.1 Å². The minimum Gasteiger partial charge on any atom is -0.366 e. The number of piperazine rings is 1. The number of hydrogen-bond acceptors (Lipinski definition) is 4. The number of para-hydroxylation sites is 1. The van der Waals surface area contributed by atoms with E-state index in [1.54, 1.807) is 23.1 Å². The van der Waals surface area contributed by atoms with Crippen molar-refractivity contribution < 1.29 is 18.8 Å². The van der Waals surface area contributed by atoms with Crippen LogP contribution in [0, 0.1) is 29.5 Å². The van der Waals surface area contributed by atoms with Crippen LogP contribution in [0.25, 0.3) is 0 Å². The number of carbonyl (C=O) groups is 3. The Balaban J connectivity index is 1.21. The molecule has 2 aliphatic heterocycles. The van der Waals surface area contributed by atoms with Gasteiger partial charge in [-0.3, -0.25) is 19.3 Å². The summed E-state index contributed by atoms with van der Waals surface area (Å²) in [5, 5.41) is 0. The maximum absolute atomic E-state index is 14.0. The summed E-state index contributed by atoms with van der Waals surface area (Å²) in [6.45, 7) is 1.76. The van der Waals surface area contributed by atoms with Crippen LogP contribution in [-0.2, 0) is 14.4 Å². The second kappa shape index (κ2) is 6.43. The zero-order valence-corrected chi connectivity index (χ0v) is 15.5. The quantitative estimate of drug-likeness (QED) is 0.583. The highest BCUT2D eigenvalue weighted by atomic mass is 19.1. The largest absolute Gasteiger partial charge is 0.366 e. The van der Waals surface area contributed by atoms with E-state index in [9.17, 15) is 18.8 Å². The molecule has 0 N–H and O–H groups in total.